The van der Waals surface area contributed by atoms with Crippen molar-refractivity contribution in [3.05, 3.63) is 116 Å². The first-order chi connectivity index (χ1) is 40.2. The first-order valence-corrected chi connectivity index (χ1v) is 32.0. The molecule has 4 saturated heterocycles. The van der Waals surface area contributed by atoms with E-state index in [1.807, 2.05) is 113 Å². The molecule has 4 aliphatic rings. The lowest BCUT2D eigenvalue weighted by atomic mass is 9.89. The van der Waals surface area contributed by atoms with Crippen molar-refractivity contribution >= 4 is 66.1 Å². The predicted molar refractivity (Wildman–Crippen MR) is 341 cm³/mol. The number of amides is 3. The molecular weight excluding hydrogens is 1330 g/mol. The van der Waals surface area contributed by atoms with E-state index in [4.69, 9.17) is 19.3 Å². The lowest BCUT2D eigenvalue weighted by Crippen LogP contribution is -2.41. The zero-order valence-electron chi connectivity index (χ0n) is 52.6. The number of hydrogen-bond acceptors (Lipinski definition) is 11. The molecule has 14 nitrogen and oxygen atoms in total. The topological polar surface area (TPSA) is 160 Å². The average molecular weight is 1420 g/mol. The van der Waals surface area contributed by atoms with Crippen LogP contribution in [0.3, 0.4) is 0 Å². The van der Waals surface area contributed by atoms with Crippen LogP contribution in [0.4, 0.5) is 36.3 Å². The van der Waals surface area contributed by atoms with Crippen molar-refractivity contribution in [1.29, 1.82) is 0 Å². The Morgan fingerprint density at radius 3 is 1.14 bits per heavy atom. The lowest BCUT2D eigenvalue weighted by Gasteiger charge is -2.33. The number of carbonyl (C=O) groups is 3. The van der Waals surface area contributed by atoms with Gasteiger partial charge < -0.3 is 53.9 Å². The first-order valence-electron chi connectivity index (χ1n) is 29.5. The van der Waals surface area contributed by atoms with Gasteiger partial charge in [0.1, 0.15) is 39.8 Å². The molecule has 0 saturated carbocycles. The average Bonchev–Trinajstić information content (AvgIpc) is 3.63. The summed E-state index contributed by atoms with van der Waals surface area (Å²) in [6, 6.07) is 21.8. The largest absolute Gasteiger partial charge is 0.573 e. The summed E-state index contributed by atoms with van der Waals surface area (Å²) in [5.41, 5.74) is 4.63. The van der Waals surface area contributed by atoms with Crippen LogP contribution in [-0.4, -0.2) is 129 Å². The number of phenols is 2. The van der Waals surface area contributed by atoms with Gasteiger partial charge in [0.05, 0.1) is 0 Å². The zero-order valence-corrected chi connectivity index (χ0v) is 57.3. The SMILES string of the molecule is CC(C)(C)OC(=O)N1CCC(Br)CC1.Cc1ccc(Br)cc1O.Cc1ccc(C2CCN(C(=O)OC(C)(C)C)CC2)cc1O.Cc1ccc(C2CCN(C(=O)OC(C)(C)C)CC2)cc1OC(F)(F)Br.Cc1ccc(C2CCNCC2)cc1OC(F)(F)F. The Kier molecular flexibility index (Phi) is 28.3. The van der Waals surface area contributed by atoms with Gasteiger partial charge in [-0.05, 0) is 241 Å². The number of aryl methyl sites for hydroxylation is 4. The summed E-state index contributed by atoms with van der Waals surface area (Å²) in [5, 5.41) is 18.7. The van der Waals surface area contributed by atoms with E-state index in [1.165, 1.54) is 6.07 Å². The minimum atomic E-state index is -4.63. The minimum Gasteiger partial charge on any atom is -0.508 e. The molecule has 0 aromatic heterocycles. The number of benzene rings is 4. The third-order valence-corrected chi connectivity index (χ3v) is 16.0. The molecule has 8 rings (SSSR count). The predicted octanol–water partition coefficient (Wildman–Crippen LogP) is 17.9. The number of phenolic OH excluding ortho intramolecular Hbond substituents is 2. The van der Waals surface area contributed by atoms with Crippen LogP contribution in [0.25, 0.3) is 0 Å². The fourth-order valence-electron chi connectivity index (χ4n) is 9.63. The van der Waals surface area contributed by atoms with Crippen LogP contribution < -0.4 is 14.8 Å². The summed E-state index contributed by atoms with van der Waals surface area (Å²) in [4.78, 5) is 41.5. The van der Waals surface area contributed by atoms with Crippen LogP contribution in [-0.2, 0) is 14.2 Å². The van der Waals surface area contributed by atoms with Crippen LogP contribution in [0.1, 0.15) is 170 Å². The van der Waals surface area contributed by atoms with Crippen LogP contribution in [0.5, 0.6) is 23.0 Å². The number of nitrogens with zero attached hydrogens (tertiary/aromatic N) is 3. The lowest BCUT2D eigenvalue weighted by molar-refractivity contribution is -0.274. The summed E-state index contributed by atoms with van der Waals surface area (Å²) >= 11 is 8.99. The molecule has 0 unspecified atom stereocenters. The van der Waals surface area contributed by atoms with E-state index in [1.54, 1.807) is 52.8 Å². The number of rotatable bonds is 6. The maximum Gasteiger partial charge on any atom is 0.573 e. The van der Waals surface area contributed by atoms with Crippen molar-refractivity contribution in [3.63, 3.8) is 0 Å². The fraction of sp³-hybridized carbons (Fsp3) is 0.585. The van der Waals surface area contributed by atoms with Gasteiger partial charge in [-0.2, -0.15) is 8.78 Å². The van der Waals surface area contributed by atoms with Gasteiger partial charge >= 0.3 is 29.7 Å². The van der Waals surface area contributed by atoms with Crippen molar-refractivity contribution < 1.29 is 70.2 Å². The number of carbonyl (C=O) groups excluding carboxylic acids is 3. The third kappa shape index (κ3) is 28.1. The summed E-state index contributed by atoms with van der Waals surface area (Å²) in [6.45, 7) is 29.9. The van der Waals surface area contributed by atoms with Crippen molar-refractivity contribution in [2.75, 3.05) is 52.4 Å². The van der Waals surface area contributed by atoms with Gasteiger partial charge in [-0.1, -0.05) is 74.3 Å². The molecule has 0 spiro atoms. The molecule has 87 heavy (non-hydrogen) atoms. The van der Waals surface area contributed by atoms with Crippen LogP contribution in [0.2, 0.25) is 0 Å². The number of nitrogens with one attached hydrogen (secondary N) is 1. The molecule has 0 atom stereocenters. The maximum absolute atomic E-state index is 13.1. The molecule has 4 heterocycles. The monoisotopic (exact) mass is 1420 g/mol. The molecule has 4 fully saturated rings. The zero-order chi connectivity index (χ0) is 65.2. The van der Waals surface area contributed by atoms with Gasteiger partial charge in [0.15, 0.2) is 0 Å². The van der Waals surface area contributed by atoms with Crippen LogP contribution >= 0.6 is 47.8 Å². The Bertz CT molecular complexity index is 2830. The Hall–Kier alpha value is -5.06. The van der Waals surface area contributed by atoms with Gasteiger partial charge in [-0.3, -0.25) is 0 Å². The van der Waals surface area contributed by atoms with Gasteiger partial charge in [0.25, 0.3) is 0 Å². The second-order valence-electron chi connectivity index (χ2n) is 25.3. The second kappa shape index (κ2) is 33.1. The van der Waals surface area contributed by atoms with Crippen molar-refractivity contribution in [1.82, 2.24) is 20.0 Å². The molecule has 22 heteroatoms. The van der Waals surface area contributed by atoms with E-state index < -0.39 is 22.6 Å². The van der Waals surface area contributed by atoms with E-state index in [0.29, 0.717) is 65.5 Å². The fourth-order valence-corrected chi connectivity index (χ4v) is 10.6. The maximum atomic E-state index is 13.1. The molecule has 0 aliphatic carbocycles. The summed E-state index contributed by atoms with van der Waals surface area (Å²) < 4.78 is 88.6. The smallest absolute Gasteiger partial charge is 0.508 e. The van der Waals surface area contributed by atoms with Gasteiger partial charge in [-0.25, -0.2) is 14.4 Å². The van der Waals surface area contributed by atoms with Gasteiger partial charge in [0, 0.05) is 64.5 Å². The Morgan fingerprint density at radius 1 is 0.483 bits per heavy atom. The number of hydrogen-bond donors (Lipinski definition) is 3. The molecule has 0 radical (unpaired) electrons. The quantitative estimate of drug-likeness (QED) is 0.0958. The Morgan fingerprint density at radius 2 is 0.805 bits per heavy atom. The highest BCUT2D eigenvalue weighted by molar-refractivity contribution is 9.10. The highest BCUT2D eigenvalue weighted by Gasteiger charge is 2.34. The summed E-state index contributed by atoms with van der Waals surface area (Å²) in [5.74, 6) is 1.68. The molecule has 0 bridgehead atoms. The van der Waals surface area contributed by atoms with E-state index >= 15 is 0 Å². The van der Waals surface area contributed by atoms with E-state index in [9.17, 15) is 41.4 Å². The molecule has 4 aliphatic heterocycles. The second-order valence-corrected chi connectivity index (χ2v) is 28.4. The van der Waals surface area contributed by atoms with Crippen molar-refractivity contribution in [3.8, 4) is 23.0 Å². The van der Waals surface area contributed by atoms with Gasteiger partial charge in [0.2, 0.25) is 0 Å². The number of ether oxygens (including phenoxy) is 5. The highest BCUT2D eigenvalue weighted by Crippen LogP contribution is 2.37. The minimum absolute atomic E-state index is 0.0847. The van der Waals surface area contributed by atoms with Crippen LogP contribution in [0, 0.1) is 27.7 Å². The normalized spacial score (nSPS) is 16.7. The molecule has 3 amide bonds. The summed E-state index contributed by atoms with van der Waals surface area (Å²) in [6.07, 6.45) is 1.91. The Balaban J connectivity index is 0.000000240. The van der Waals surface area contributed by atoms with Crippen molar-refractivity contribution in [2.45, 2.75) is 192 Å². The summed E-state index contributed by atoms with van der Waals surface area (Å²) in [7, 11) is 0. The van der Waals surface area contributed by atoms with E-state index in [2.05, 4.69) is 68.6 Å². The number of aromatic hydroxyl groups is 2. The Labute approximate surface area is 536 Å². The standard InChI is InChI=1S/C18H24BrF2NO3.C17H25NO3.C13H16F3NO.C10H18BrNO2.C7H7BrO/c1-12-5-6-14(11-15(12)24-18(19,20)21)13-7-9-22(10-8-13)16(23)25-17(2,3)4;1-12-5-6-14(11-15(12)19)13-7-9-18(10-8-13)16(20)21-17(2,3)4;1-9-2-3-11(10-4-6-17-7-5-10)8-12(9)18-13(14,15)16;1-10(2,3)14-9(13)12-6-4-8(11)5-7-12;1-5-2-3-6(8)4-7(5)9/h5-6,11,13H,7-10H2,1-4H3;5-6,11,13,19H,7-10H2,1-4H3;2-3,8,10,17H,4-7H2,1H3;8H,4-7H2,1-3H3;2-4,9H,1H3. The molecule has 3 N–H and O–H groups in total. The van der Waals surface area contributed by atoms with E-state index in [0.717, 1.165) is 110 Å². The number of likely N-dealkylation sites (tertiary alicyclic amines) is 3. The first kappa shape index (κ1) is 74.4. The molecular formula is C65H90Br3F5N4O10. The number of alkyl halides is 7. The van der Waals surface area contributed by atoms with E-state index in [-0.39, 0.29) is 41.3 Å². The van der Waals surface area contributed by atoms with Crippen molar-refractivity contribution in [2.24, 2.45) is 0 Å². The molecule has 4 aromatic carbocycles. The van der Waals surface area contributed by atoms with Gasteiger partial charge in [-0.15, -0.1) is 13.2 Å². The third-order valence-electron chi connectivity index (χ3n) is 14.4. The molecule has 486 valence electrons. The van der Waals surface area contributed by atoms with Crippen LogP contribution in [0.15, 0.2) is 77.3 Å². The molecule has 4 aromatic rings. The highest BCUT2D eigenvalue weighted by atomic mass is 79.9. The number of piperidine rings is 4. The number of halogens is 8.